The van der Waals surface area contributed by atoms with Crippen LogP contribution < -0.4 is 0 Å². The Morgan fingerprint density at radius 2 is 1.70 bits per heavy atom. The van der Waals surface area contributed by atoms with Crippen LogP contribution in [0.2, 0.25) is 0 Å². The van der Waals surface area contributed by atoms with Crippen LogP contribution in [0.15, 0.2) is 62.0 Å². The lowest BCUT2D eigenvalue weighted by molar-refractivity contribution is -0.132. The van der Waals surface area contributed by atoms with E-state index in [2.05, 4.69) is 20.4 Å². The highest BCUT2D eigenvalue weighted by Gasteiger charge is 2.19. The highest BCUT2D eigenvalue weighted by Crippen LogP contribution is 2.20. The first-order valence-corrected chi connectivity index (χ1v) is 9.74. The minimum atomic E-state index is -0.0472. The van der Waals surface area contributed by atoms with E-state index < -0.39 is 0 Å². The Labute approximate surface area is 172 Å². The fraction of sp³-hybridized carbons (Fsp3) is 0.286. The molecule has 4 rings (SSSR count). The summed E-state index contributed by atoms with van der Waals surface area (Å²) in [7, 11) is 0. The molecule has 3 aromatic heterocycles. The number of furan rings is 1. The topological polar surface area (TPSA) is 111 Å². The van der Waals surface area contributed by atoms with Gasteiger partial charge in [0.25, 0.3) is 5.89 Å². The molecule has 9 heteroatoms. The molecule has 1 aromatic carbocycles. The summed E-state index contributed by atoms with van der Waals surface area (Å²) in [6, 6.07) is 13.0. The van der Waals surface area contributed by atoms with Gasteiger partial charge in [-0.15, -0.1) is 20.4 Å². The molecule has 0 aliphatic rings. The number of benzene rings is 1. The van der Waals surface area contributed by atoms with Crippen LogP contribution in [0.3, 0.4) is 0 Å². The van der Waals surface area contributed by atoms with Crippen LogP contribution in [0, 0.1) is 0 Å². The van der Waals surface area contributed by atoms with E-state index in [9.17, 15) is 4.79 Å². The summed E-state index contributed by atoms with van der Waals surface area (Å²) in [6.45, 7) is 2.82. The first-order chi connectivity index (χ1) is 14.7. The molecule has 30 heavy (non-hydrogen) atoms. The Morgan fingerprint density at radius 1 is 0.933 bits per heavy atom. The molecule has 0 bridgehead atoms. The molecule has 0 saturated heterocycles. The number of aryl methyl sites for hydroxylation is 1. The van der Waals surface area contributed by atoms with Crippen LogP contribution in [0.25, 0.3) is 23.1 Å². The molecular formula is C21H21N5O4. The first-order valence-electron chi connectivity index (χ1n) is 9.74. The second-order valence-corrected chi connectivity index (χ2v) is 6.66. The lowest BCUT2D eigenvalue weighted by Crippen LogP contribution is -2.31. The zero-order chi connectivity index (χ0) is 20.8. The van der Waals surface area contributed by atoms with E-state index in [0.29, 0.717) is 36.4 Å². The molecule has 0 atom stereocenters. The lowest BCUT2D eigenvalue weighted by Gasteiger charge is -2.19. The average molecular weight is 407 g/mol. The van der Waals surface area contributed by atoms with Crippen molar-refractivity contribution in [2.45, 2.75) is 32.7 Å². The zero-order valence-electron chi connectivity index (χ0n) is 16.5. The minimum absolute atomic E-state index is 0.0472. The second-order valence-electron chi connectivity index (χ2n) is 6.66. The third kappa shape index (κ3) is 4.62. The van der Waals surface area contributed by atoms with Gasteiger partial charge >= 0.3 is 0 Å². The number of carbonyl (C=O) groups is 1. The van der Waals surface area contributed by atoms with Gasteiger partial charge in [-0.05, 0) is 30.7 Å². The fourth-order valence-corrected chi connectivity index (χ4v) is 2.97. The van der Waals surface area contributed by atoms with Gasteiger partial charge in [0.15, 0.2) is 5.76 Å². The summed E-state index contributed by atoms with van der Waals surface area (Å²) in [5.41, 5.74) is 0.846. The molecule has 0 N–H and O–H groups in total. The number of amides is 1. The molecule has 0 fully saturated rings. The molecule has 0 aliphatic carbocycles. The van der Waals surface area contributed by atoms with E-state index in [1.165, 1.54) is 6.26 Å². The van der Waals surface area contributed by atoms with Gasteiger partial charge in [-0.1, -0.05) is 25.1 Å². The van der Waals surface area contributed by atoms with Crippen molar-refractivity contribution in [3.05, 3.63) is 60.5 Å². The van der Waals surface area contributed by atoms with Crippen molar-refractivity contribution in [1.82, 2.24) is 25.3 Å². The maximum absolute atomic E-state index is 12.8. The molecule has 9 nitrogen and oxygen atoms in total. The van der Waals surface area contributed by atoms with Crippen molar-refractivity contribution in [1.29, 1.82) is 0 Å². The van der Waals surface area contributed by atoms with Gasteiger partial charge in [-0.25, -0.2) is 0 Å². The van der Waals surface area contributed by atoms with Gasteiger partial charge in [0.1, 0.15) is 0 Å². The Morgan fingerprint density at radius 3 is 2.47 bits per heavy atom. The number of carbonyl (C=O) groups excluding carboxylic acids is 1. The Bertz CT molecular complexity index is 1070. The van der Waals surface area contributed by atoms with Crippen molar-refractivity contribution in [2.24, 2.45) is 0 Å². The predicted octanol–water partition coefficient (Wildman–Crippen LogP) is 3.75. The monoisotopic (exact) mass is 407 g/mol. The second kappa shape index (κ2) is 9.17. The fourth-order valence-electron chi connectivity index (χ4n) is 2.97. The molecule has 0 aliphatic heterocycles. The summed E-state index contributed by atoms with van der Waals surface area (Å²) < 4.78 is 16.6. The summed E-state index contributed by atoms with van der Waals surface area (Å²) in [5, 5.41) is 16.1. The van der Waals surface area contributed by atoms with Crippen molar-refractivity contribution in [3.63, 3.8) is 0 Å². The highest BCUT2D eigenvalue weighted by molar-refractivity contribution is 5.76. The minimum Gasteiger partial charge on any atom is -0.459 e. The number of hydrogen-bond acceptors (Lipinski definition) is 8. The Balaban J connectivity index is 1.36. The zero-order valence-corrected chi connectivity index (χ0v) is 16.5. The van der Waals surface area contributed by atoms with Crippen molar-refractivity contribution in [2.75, 3.05) is 6.54 Å². The molecule has 0 unspecified atom stereocenters. The van der Waals surface area contributed by atoms with Crippen LogP contribution >= 0.6 is 0 Å². The van der Waals surface area contributed by atoms with Gasteiger partial charge < -0.3 is 18.2 Å². The standard InChI is InChI=1S/C21H21N5O4/c1-2-12-26(14-18-23-25-21(30-18)16-9-6-13-28-16)19(27)11-10-17-22-24-20(29-17)15-7-4-3-5-8-15/h3-9,13H,2,10-12,14H2,1H3. The molecule has 3 heterocycles. The SMILES string of the molecule is CCCN(Cc1nnc(-c2ccco2)o1)C(=O)CCc1nnc(-c2ccccc2)o1. The van der Waals surface area contributed by atoms with Crippen LogP contribution in [0.1, 0.15) is 31.5 Å². The summed E-state index contributed by atoms with van der Waals surface area (Å²) in [6.07, 6.45) is 2.95. The number of nitrogens with zero attached hydrogens (tertiary/aromatic N) is 5. The first kappa shape index (κ1) is 19.6. The third-order valence-electron chi connectivity index (χ3n) is 4.41. The molecule has 1 amide bonds. The van der Waals surface area contributed by atoms with Crippen molar-refractivity contribution < 1.29 is 18.0 Å². The maximum atomic E-state index is 12.8. The van der Waals surface area contributed by atoms with E-state index in [1.54, 1.807) is 17.0 Å². The predicted molar refractivity (Wildman–Crippen MR) is 106 cm³/mol. The van der Waals surface area contributed by atoms with Crippen LogP contribution in [0.4, 0.5) is 0 Å². The quantitative estimate of drug-likeness (QED) is 0.412. The molecule has 0 spiro atoms. The van der Waals surface area contributed by atoms with E-state index in [1.807, 2.05) is 37.3 Å². The number of rotatable bonds is 9. The molecule has 154 valence electrons. The molecular weight excluding hydrogens is 386 g/mol. The van der Waals surface area contributed by atoms with E-state index in [0.717, 1.165) is 12.0 Å². The summed E-state index contributed by atoms with van der Waals surface area (Å²) >= 11 is 0. The summed E-state index contributed by atoms with van der Waals surface area (Å²) in [4.78, 5) is 14.4. The average Bonchev–Trinajstić information content (AvgIpc) is 3.54. The molecule has 4 aromatic rings. The van der Waals surface area contributed by atoms with Crippen molar-refractivity contribution >= 4 is 5.91 Å². The maximum Gasteiger partial charge on any atom is 0.283 e. The van der Waals surface area contributed by atoms with Gasteiger partial charge in [0.05, 0.1) is 12.8 Å². The van der Waals surface area contributed by atoms with Gasteiger partial charge in [0.2, 0.25) is 23.6 Å². The third-order valence-corrected chi connectivity index (χ3v) is 4.41. The van der Waals surface area contributed by atoms with Crippen molar-refractivity contribution in [3.8, 4) is 23.1 Å². The molecule has 0 radical (unpaired) electrons. The smallest absolute Gasteiger partial charge is 0.283 e. The number of hydrogen-bond donors (Lipinski definition) is 0. The number of aromatic nitrogens is 4. The van der Waals surface area contributed by atoms with E-state index in [-0.39, 0.29) is 24.8 Å². The van der Waals surface area contributed by atoms with Crippen LogP contribution in [-0.4, -0.2) is 37.7 Å². The highest BCUT2D eigenvalue weighted by atomic mass is 16.4. The Hall–Kier alpha value is -3.75. The lowest BCUT2D eigenvalue weighted by atomic mass is 10.2. The molecule has 0 saturated carbocycles. The van der Waals surface area contributed by atoms with Gasteiger partial charge in [-0.2, -0.15) is 0 Å². The van der Waals surface area contributed by atoms with Crippen LogP contribution in [-0.2, 0) is 17.8 Å². The summed E-state index contributed by atoms with van der Waals surface area (Å²) in [5.74, 6) is 1.96. The van der Waals surface area contributed by atoms with Gasteiger partial charge in [-0.3, -0.25) is 4.79 Å². The van der Waals surface area contributed by atoms with E-state index >= 15 is 0 Å². The normalized spacial score (nSPS) is 11.0. The Kier molecular flexibility index (Phi) is 5.98. The van der Waals surface area contributed by atoms with Gasteiger partial charge in [0, 0.05) is 24.9 Å². The van der Waals surface area contributed by atoms with E-state index in [4.69, 9.17) is 13.3 Å². The largest absolute Gasteiger partial charge is 0.459 e. The van der Waals surface area contributed by atoms with Crippen LogP contribution in [0.5, 0.6) is 0 Å².